The van der Waals surface area contributed by atoms with Crippen LogP contribution in [0.15, 0.2) is 59.4 Å². The van der Waals surface area contributed by atoms with E-state index in [9.17, 15) is 4.79 Å². The van der Waals surface area contributed by atoms with E-state index < -0.39 is 8.32 Å². The molecule has 3 aromatic rings. The minimum absolute atomic E-state index is 0.107. The molecule has 1 heterocycles. The molecule has 4 nitrogen and oxygen atoms in total. The Morgan fingerprint density at radius 2 is 1.73 bits per heavy atom. The number of ether oxygens (including phenoxy) is 1. The molecule has 0 aliphatic heterocycles. The van der Waals surface area contributed by atoms with Crippen LogP contribution < -0.4 is 10.3 Å². The van der Waals surface area contributed by atoms with Gasteiger partial charge in [0, 0.05) is 16.8 Å². The van der Waals surface area contributed by atoms with Crippen molar-refractivity contribution in [3.63, 3.8) is 0 Å². The zero-order valence-electron chi connectivity index (χ0n) is 18.3. The molecule has 0 aliphatic carbocycles. The summed E-state index contributed by atoms with van der Waals surface area (Å²) >= 11 is 3.65. The molecule has 0 saturated carbocycles. The topological polar surface area (TPSA) is 51.3 Å². The molecule has 3 rings (SSSR count). The second-order valence-electron chi connectivity index (χ2n) is 9.06. The number of aromatic nitrogens is 1. The standard InChI is InChI=1S/C24H30BrNO3Si/c1-24(2,3)30(4,5)29-21(15-25)18-11-13-20(23-19(18)12-14-22(27)26-23)28-16-17-9-7-6-8-10-17/h6-14,21H,15-16H2,1-5H3,(H,26,27)/t21-/m1/s1. The van der Waals surface area contributed by atoms with Gasteiger partial charge in [-0.1, -0.05) is 73.1 Å². The number of aromatic amines is 1. The first kappa shape index (κ1) is 22.8. The number of halogens is 1. The highest BCUT2D eigenvalue weighted by Crippen LogP contribution is 2.41. The quantitative estimate of drug-likeness (QED) is 0.303. The van der Waals surface area contributed by atoms with Crippen molar-refractivity contribution in [2.45, 2.75) is 51.6 Å². The largest absolute Gasteiger partial charge is 0.487 e. The zero-order chi connectivity index (χ0) is 21.9. The van der Waals surface area contributed by atoms with Crippen molar-refractivity contribution in [3.05, 3.63) is 76.1 Å². The molecule has 0 saturated heterocycles. The van der Waals surface area contributed by atoms with Crippen LogP contribution in [0.4, 0.5) is 0 Å². The second kappa shape index (κ2) is 9.08. The van der Waals surface area contributed by atoms with Gasteiger partial charge in [0.25, 0.3) is 0 Å². The van der Waals surface area contributed by atoms with Crippen LogP contribution in [0.5, 0.6) is 5.75 Å². The van der Waals surface area contributed by atoms with Gasteiger partial charge in [0.15, 0.2) is 8.32 Å². The number of H-pyrrole nitrogens is 1. The Labute approximate surface area is 187 Å². The summed E-state index contributed by atoms with van der Waals surface area (Å²) in [5.74, 6) is 0.663. The zero-order valence-corrected chi connectivity index (χ0v) is 20.9. The maximum atomic E-state index is 12.1. The van der Waals surface area contributed by atoms with Crippen molar-refractivity contribution in [2.24, 2.45) is 0 Å². The fourth-order valence-electron chi connectivity index (χ4n) is 3.09. The highest BCUT2D eigenvalue weighted by molar-refractivity contribution is 9.09. The molecule has 0 radical (unpaired) electrons. The Hall–Kier alpha value is -1.89. The van der Waals surface area contributed by atoms with E-state index in [0.717, 1.165) is 16.5 Å². The predicted molar refractivity (Wildman–Crippen MR) is 130 cm³/mol. The number of hydrogen-bond donors (Lipinski definition) is 1. The van der Waals surface area contributed by atoms with Crippen molar-refractivity contribution in [1.29, 1.82) is 0 Å². The minimum Gasteiger partial charge on any atom is -0.487 e. The van der Waals surface area contributed by atoms with E-state index in [4.69, 9.17) is 9.16 Å². The number of benzene rings is 2. The summed E-state index contributed by atoms with van der Waals surface area (Å²) in [6, 6.07) is 17.4. The highest BCUT2D eigenvalue weighted by atomic mass is 79.9. The van der Waals surface area contributed by atoms with E-state index in [-0.39, 0.29) is 16.7 Å². The van der Waals surface area contributed by atoms with Gasteiger partial charge < -0.3 is 14.1 Å². The number of pyridine rings is 1. The fourth-order valence-corrected chi connectivity index (χ4v) is 5.10. The van der Waals surface area contributed by atoms with Crippen molar-refractivity contribution in [2.75, 3.05) is 5.33 Å². The van der Waals surface area contributed by atoms with Gasteiger partial charge in [-0.25, -0.2) is 0 Å². The number of alkyl halides is 1. The Morgan fingerprint density at radius 1 is 1.03 bits per heavy atom. The summed E-state index contributed by atoms with van der Waals surface area (Å²) in [4.78, 5) is 15.0. The first-order chi connectivity index (χ1) is 14.1. The third-order valence-electron chi connectivity index (χ3n) is 5.86. The maximum Gasteiger partial charge on any atom is 0.248 e. The van der Waals surface area contributed by atoms with Crippen molar-refractivity contribution in [3.8, 4) is 5.75 Å². The number of hydrogen-bond acceptors (Lipinski definition) is 3. The molecule has 1 aromatic heterocycles. The Morgan fingerprint density at radius 3 is 2.37 bits per heavy atom. The predicted octanol–water partition coefficient (Wildman–Crippen LogP) is 6.56. The molecule has 0 amide bonds. The molecule has 1 atom stereocenters. The lowest BCUT2D eigenvalue weighted by Crippen LogP contribution is -2.42. The molecular formula is C24H30BrNO3Si. The average Bonchev–Trinajstić information content (AvgIpc) is 2.70. The summed E-state index contributed by atoms with van der Waals surface area (Å²) in [7, 11) is -1.98. The van der Waals surface area contributed by atoms with E-state index in [1.54, 1.807) is 6.07 Å². The molecule has 6 heteroatoms. The van der Waals surface area contributed by atoms with E-state index in [1.807, 2.05) is 42.5 Å². The highest BCUT2D eigenvalue weighted by Gasteiger charge is 2.39. The van der Waals surface area contributed by atoms with Gasteiger partial charge in [-0.2, -0.15) is 0 Å². The van der Waals surface area contributed by atoms with E-state index >= 15 is 0 Å². The van der Waals surface area contributed by atoms with Gasteiger partial charge in [0.1, 0.15) is 12.4 Å². The third-order valence-corrected chi connectivity index (χ3v) is 10.9. The number of fused-ring (bicyclic) bond motifs is 1. The van der Waals surface area contributed by atoms with Crippen LogP contribution in [-0.2, 0) is 11.0 Å². The fraction of sp³-hybridized carbons (Fsp3) is 0.375. The summed E-state index contributed by atoms with van der Waals surface area (Å²) in [6.45, 7) is 11.7. The molecule has 0 unspecified atom stereocenters. The second-order valence-corrected chi connectivity index (χ2v) is 14.5. The van der Waals surface area contributed by atoms with Crippen molar-refractivity contribution < 1.29 is 9.16 Å². The van der Waals surface area contributed by atoms with Gasteiger partial charge in [0.05, 0.1) is 11.6 Å². The lowest BCUT2D eigenvalue weighted by atomic mass is 10.0. The minimum atomic E-state index is -1.98. The Kier molecular flexibility index (Phi) is 6.90. The number of rotatable bonds is 7. The van der Waals surface area contributed by atoms with Crippen LogP contribution in [0.1, 0.15) is 38.0 Å². The van der Waals surface area contributed by atoms with Crippen LogP contribution in [-0.4, -0.2) is 18.6 Å². The van der Waals surface area contributed by atoms with E-state index in [2.05, 4.69) is 60.8 Å². The third kappa shape index (κ3) is 5.05. The molecule has 2 aromatic carbocycles. The van der Waals surface area contributed by atoms with Crippen molar-refractivity contribution >= 4 is 35.2 Å². The van der Waals surface area contributed by atoms with E-state index in [0.29, 0.717) is 23.2 Å². The molecule has 30 heavy (non-hydrogen) atoms. The molecule has 160 valence electrons. The van der Waals surface area contributed by atoms with Gasteiger partial charge >= 0.3 is 0 Å². The molecule has 0 aliphatic rings. The molecule has 0 bridgehead atoms. The van der Waals surface area contributed by atoms with Gasteiger partial charge in [0.2, 0.25) is 5.56 Å². The van der Waals surface area contributed by atoms with Crippen LogP contribution in [0.2, 0.25) is 18.1 Å². The summed E-state index contributed by atoms with van der Waals surface area (Å²) in [5, 5.41) is 1.73. The van der Waals surface area contributed by atoms with Gasteiger partial charge in [-0.3, -0.25) is 4.79 Å². The van der Waals surface area contributed by atoms with E-state index in [1.165, 1.54) is 0 Å². The normalized spacial score (nSPS) is 13.4. The summed E-state index contributed by atoms with van der Waals surface area (Å²) in [5.41, 5.74) is 2.69. The van der Waals surface area contributed by atoms with Gasteiger partial charge in [-0.15, -0.1) is 0 Å². The summed E-state index contributed by atoms with van der Waals surface area (Å²) in [6.07, 6.45) is -0.109. The van der Waals surface area contributed by atoms with Crippen LogP contribution in [0, 0.1) is 0 Å². The van der Waals surface area contributed by atoms with Crippen LogP contribution >= 0.6 is 15.9 Å². The smallest absolute Gasteiger partial charge is 0.248 e. The molecule has 0 fully saturated rings. The lowest BCUT2D eigenvalue weighted by molar-refractivity contribution is 0.210. The first-order valence-electron chi connectivity index (χ1n) is 10.2. The van der Waals surface area contributed by atoms with Crippen LogP contribution in [0.25, 0.3) is 10.9 Å². The molecule has 1 N–H and O–H groups in total. The van der Waals surface area contributed by atoms with Crippen LogP contribution in [0.3, 0.4) is 0 Å². The van der Waals surface area contributed by atoms with Gasteiger partial charge in [-0.05, 0) is 41.4 Å². The molecular weight excluding hydrogens is 458 g/mol. The number of nitrogens with one attached hydrogen (secondary N) is 1. The first-order valence-corrected chi connectivity index (χ1v) is 14.2. The molecule has 0 spiro atoms. The van der Waals surface area contributed by atoms with Crippen molar-refractivity contribution in [1.82, 2.24) is 4.98 Å². The lowest BCUT2D eigenvalue weighted by Gasteiger charge is -2.39. The summed E-state index contributed by atoms with van der Waals surface area (Å²) < 4.78 is 12.8. The SMILES string of the molecule is CC(C)(C)[Si](C)(C)O[C@H](CBr)c1ccc(OCc2ccccc2)c2[nH]c(=O)ccc12. The maximum absolute atomic E-state index is 12.1. The Bertz CT molecular complexity index is 1060. The Balaban J connectivity index is 1.99. The average molecular weight is 488 g/mol. The monoisotopic (exact) mass is 487 g/mol.